The third-order valence-electron chi connectivity index (χ3n) is 3.02. The maximum absolute atomic E-state index is 12.0. The molecule has 1 unspecified atom stereocenters. The first-order valence-electron chi connectivity index (χ1n) is 6.21. The number of piperidine rings is 1. The molecule has 0 aromatic carbocycles. The highest BCUT2D eigenvalue weighted by molar-refractivity contribution is 5.96. The van der Waals surface area contributed by atoms with Gasteiger partial charge in [0.05, 0.1) is 12.5 Å². The Hall–Kier alpha value is -1.59. The molecule has 0 aromatic heterocycles. The van der Waals surface area contributed by atoms with Crippen LogP contribution in [0.4, 0.5) is 4.79 Å². The number of nitrogens with zero attached hydrogens (tertiary/aromatic N) is 1. The Morgan fingerprint density at radius 2 is 1.89 bits per heavy atom. The fourth-order valence-electron chi connectivity index (χ4n) is 1.93. The number of methoxy groups -OCH3 is 1. The zero-order valence-electron chi connectivity index (χ0n) is 12.1. The molecule has 6 heteroatoms. The van der Waals surface area contributed by atoms with Crippen LogP contribution < -0.4 is 0 Å². The molecule has 0 aromatic rings. The summed E-state index contributed by atoms with van der Waals surface area (Å²) in [5, 5.41) is 0. The molecule has 1 aliphatic heterocycles. The monoisotopic (exact) mass is 271 g/mol. The number of ether oxygens (including phenoxy) is 2. The van der Waals surface area contributed by atoms with E-state index in [9.17, 15) is 14.4 Å². The van der Waals surface area contributed by atoms with Crippen molar-refractivity contribution >= 4 is 18.0 Å². The molecule has 0 aliphatic carbocycles. The molecule has 1 atom stereocenters. The van der Waals surface area contributed by atoms with Crippen LogP contribution in [-0.4, -0.2) is 42.1 Å². The maximum atomic E-state index is 12.0. The number of imide groups is 1. The summed E-state index contributed by atoms with van der Waals surface area (Å²) in [6.45, 7) is 7.04. The van der Waals surface area contributed by atoms with Gasteiger partial charge in [0.15, 0.2) is 0 Å². The number of rotatable bonds is 1. The summed E-state index contributed by atoms with van der Waals surface area (Å²) in [6, 6.07) is 0. The molecule has 6 nitrogen and oxygen atoms in total. The van der Waals surface area contributed by atoms with Crippen molar-refractivity contribution < 1.29 is 23.9 Å². The van der Waals surface area contributed by atoms with E-state index in [0.29, 0.717) is 6.42 Å². The predicted octanol–water partition coefficient (Wildman–Crippen LogP) is 1.72. The van der Waals surface area contributed by atoms with E-state index in [2.05, 4.69) is 0 Å². The van der Waals surface area contributed by atoms with E-state index in [-0.39, 0.29) is 13.0 Å². The van der Waals surface area contributed by atoms with Gasteiger partial charge in [0.1, 0.15) is 5.60 Å². The smallest absolute Gasteiger partial charge is 0.417 e. The molecule has 1 fully saturated rings. The maximum Gasteiger partial charge on any atom is 0.417 e. The summed E-state index contributed by atoms with van der Waals surface area (Å²) in [4.78, 5) is 36.5. The van der Waals surface area contributed by atoms with Gasteiger partial charge in [-0.1, -0.05) is 0 Å². The first kappa shape index (κ1) is 15.5. The van der Waals surface area contributed by atoms with Crippen LogP contribution in [-0.2, 0) is 19.1 Å². The molecule has 2 amide bonds. The Bertz CT molecular complexity index is 398. The minimum absolute atomic E-state index is 0.0427. The first-order chi connectivity index (χ1) is 8.59. The highest BCUT2D eigenvalue weighted by atomic mass is 16.6. The zero-order chi connectivity index (χ0) is 14.8. The lowest BCUT2D eigenvalue weighted by Gasteiger charge is -2.36. The Morgan fingerprint density at radius 1 is 1.32 bits per heavy atom. The average molecular weight is 271 g/mol. The molecule has 0 radical (unpaired) electrons. The second kappa shape index (κ2) is 5.19. The fourth-order valence-corrected chi connectivity index (χ4v) is 1.93. The molecule has 1 saturated heterocycles. The minimum atomic E-state index is -0.857. The van der Waals surface area contributed by atoms with E-state index >= 15 is 0 Å². The Morgan fingerprint density at radius 3 is 2.32 bits per heavy atom. The van der Waals surface area contributed by atoms with Crippen LogP contribution in [0, 0.1) is 5.41 Å². The standard InChI is InChI=1S/C13H21NO5/c1-12(2,3)19-11(17)14-7-6-13(4,8-9(14)15)10(16)18-5/h6-8H2,1-5H3. The van der Waals surface area contributed by atoms with Crippen LogP contribution >= 0.6 is 0 Å². The lowest BCUT2D eigenvalue weighted by Crippen LogP contribution is -2.50. The van der Waals surface area contributed by atoms with Crippen LogP contribution in [0.2, 0.25) is 0 Å². The van der Waals surface area contributed by atoms with Gasteiger partial charge in [0, 0.05) is 13.0 Å². The Balaban J connectivity index is 2.73. The van der Waals surface area contributed by atoms with E-state index in [1.807, 2.05) is 0 Å². The molecule has 0 N–H and O–H groups in total. The number of esters is 1. The second-order valence-electron chi connectivity index (χ2n) is 6.00. The number of hydrogen-bond acceptors (Lipinski definition) is 5. The number of carbonyl (C=O) groups excluding carboxylic acids is 3. The molecular formula is C13H21NO5. The molecule has 0 saturated carbocycles. The van der Waals surface area contributed by atoms with Gasteiger partial charge in [-0.25, -0.2) is 9.69 Å². The number of carbonyl (C=O) groups is 3. The largest absolute Gasteiger partial charge is 0.469 e. The lowest BCUT2D eigenvalue weighted by molar-refractivity contribution is -0.159. The second-order valence-corrected chi connectivity index (χ2v) is 6.00. The van der Waals surface area contributed by atoms with Gasteiger partial charge < -0.3 is 9.47 Å². The van der Waals surface area contributed by atoms with Gasteiger partial charge >= 0.3 is 12.1 Å². The Kier molecular flexibility index (Phi) is 4.22. The van der Waals surface area contributed by atoms with Gasteiger partial charge in [-0.2, -0.15) is 0 Å². The normalized spacial score (nSPS) is 24.1. The van der Waals surface area contributed by atoms with Crippen LogP contribution in [0.25, 0.3) is 0 Å². The number of likely N-dealkylation sites (tertiary alicyclic amines) is 1. The molecule has 0 bridgehead atoms. The topological polar surface area (TPSA) is 72.9 Å². The molecule has 0 spiro atoms. The minimum Gasteiger partial charge on any atom is -0.469 e. The van der Waals surface area contributed by atoms with Crippen molar-refractivity contribution in [1.82, 2.24) is 4.90 Å². The van der Waals surface area contributed by atoms with Gasteiger partial charge in [-0.05, 0) is 34.1 Å². The molecule has 108 valence electrons. The summed E-state index contributed by atoms with van der Waals surface area (Å²) < 4.78 is 9.84. The van der Waals surface area contributed by atoms with Crippen molar-refractivity contribution in [2.45, 2.75) is 46.1 Å². The van der Waals surface area contributed by atoms with Gasteiger partial charge in [-0.3, -0.25) is 9.59 Å². The highest BCUT2D eigenvalue weighted by Gasteiger charge is 2.44. The summed E-state index contributed by atoms with van der Waals surface area (Å²) >= 11 is 0. The van der Waals surface area contributed by atoms with Crippen molar-refractivity contribution in [1.29, 1.82) is 0 Å². The fraction of sp³-hybridized carbons (Fsp3) is 0.769. The van der Waals surface area contributed by atoms with Crippen molar-refractivity contribution in [3.8, 4) is 0 Å². The zero-order valence-corrected chi connectivity index (χ0v) is 12.1. The van der Waals surface area contributed by atoms with Crippen molar-refractivity contribution in [3.05, 3.63) is 0 Å². The van der Waals surface area contributed by atoms with E-state index in [4.69, 9.17) is 9.47 Å². The third-order valence-corrected chi connectivity index (χ3v) is 3.02. The van der Waals surface area contributed by atoms with E-state index in [0.717, 1.165) is 4.90 Å². The molecule has 1 heterocycles. The van der Waals surface area contributed by atoms with Crippen LogP contribution in [0.3, 0.4) is 0 Å². The van der Waals surface area contributed by atoms with Gasteiger partial charge in [0.25, 0.3) is 0 Å². The summed E-state index contributed by atoms with van der Waals surface area (Å²) in [7, 11) is 1.29. The van der Waals surface area contributed by atoms with E-state index < -0.39 is 29.0 Å². The summed E-state index contributed by atoms with van der Waals surface area (Å²) in [5.41, 5.74) is -1.51. The van der Waals surface area contributed by atoms with E-state index in [1.165, 1.54) is 7.11 Å². The van der Waals surface area contributed by atoms with Crippen LogP contribution in [0.5, 0.6) is 0 Å². The summed E-state index contributed by atoms with van der Waals surface area (Å²) in [6.07, 6.45) is -0.326. The van der Waals surface area contributed by atoms with Crippen molar-refractivity contribution in [3.63, 3.8) is 0 Å². The summed E-state index contributed by atoms with van der Waals surface area (Å²) in [5.74, 6) is -0.835. The lowest BCUT2D eigenvalue weighted by atomic mass is 9.80. The SMILES string of the molecule is COC(=O)C1(C)CCN(C(=O)OC(C)(C)C)C(=O)C1. The highest BCUT2D eigenvalue weighted by Crippen LogP contribution is 2.33. The molecule has 1 rings (SSSR count). The number of amides is 2. The molecule has 1 aliphatic rings. The van der Waals surface area contributed by atoms with Crippen LogP contribution in [0.1, 0.15) is 40.5 Å². The third kappa shape index (κ3) is 3.68. The van der Waals surface area contributed by atoms with Crippen molar-refractivity contribution in [2.24, 2.45) is 5.41 Å². The van der Waals surface area contributed by atoms with Gasteiger partial charge in [0.2, 0.25) is 5.91 Å². The first-order valence-corrected chi connectivity index (χ1v) is 6.21. The molecular weight excluding hydrogens is 250 g/mol. The average Bonchev–Trinajstić information content (AvgIpc) is 2.25. The quantitative estimate of drug-likeness (QED) is 0.679. The predicted molar refractivity (Wildman–Crippen MR) is 67.3 cm³/mol. The Labute approximate surface area is 113 Å². The number of hydrogen-bond donors (Lipinski definition) is 0. The van der Waals surface area contributed by atoms with Gasteiger partial charge in [-0.15, -0.1) is 0 Å². The van der Waals surface area contributed by atoms with Crippen molar-refractivity contribution in [2.75, 3.05) is 13.7 Å². The molecule has 19 heavy (non-hydrogen) atoms. The van der Waals surface area contributed by atoms with E-state index in [1.54, 1.807) is 27.7 Å². The van der Waals surface area contributed by atoms with Crippen LogP contribution in [0.15, 0.2) is 0 Å².